The number of aliphatic hydroxyl groups is 1. The van der Waals surface area contributed by atoms with E-state index >= 15 is 0 Å². The fourth-order valence-electron chi connectivity index (χ4n) is 2.35. The zero-order chi connectivity index (χ0) is 12.7. The van der Waals surface area contributed by atoms with Crippen LogP contribution in [0.1, 0.15) is 32.9 Å². The number of hydrogen-bond donors (Lipinski definition) is 1. The molecule has 5 heteroatoms. The summed E-state index contributed by atoms with van der Waals surface area (Å²) in [6, 6.07) is 0. The molecule has 0 aromatic carbocycles. The van der Waals surface area contributed by atoms with Gasteiger partial charge in [-0.1, -0.05) is 25.4 Å². The standard InChI is InChI=1S/C12H19ClN2OS/c1-4-15-10(9(13)7-14-15)12(16)8-17-6-5-11(12,2)3/h7,16H,4-6,8H2,1-3H3. The quantitative estimate of drug-likeness (QED) is 0.901. The third-order valence-corrected chi connectivity index (χ3v) is 5.18. The Morgan fingerprint density at radius 1 is 1.59 bits per heavy atom. The third-order valence-electron chi connectivity index (χ3n) is 3.79. The fraction of sp³-hybridized carbons (Fsp3) is 0.750. The molecule has 1 N–H and O–H groups in total. The maximum Gasteiger partial charge on any atom is 0.122 e. The summed E-state index contributed by atoms with van der Waals surface area (Å²) in [7, 11) is 0. The van der Waals surface area contributed by atoms with Gasteiger partial charge < -0.3 is 5.11 Å². The molecule has 1 aromatic rings. The Labute approximate surface area is 112 Å². The molecule has 1 aromatic heterocycles. The van der Waals surface area contributed by atoms with Gasteiger partial charge in [-0.3, -0.25) is 4.68 Å². The molecule has 0 amide bonds. The number of halogens is 1. The third kappa shape index (κ3) is 2.00. The minimum Gasteiger partial charge on any atom is -0.382 e. The topological polar surface area (TPSA) is 38.0 Å². The Kier molecular flexibility index (Phi) is 3.49. The molecule has 96 valence electrons. The molecule has 0 bridgehead atoms. The molecule has 17 heavy (non-hydrogen) atoms. The highest BCUT2D eigenvalue weighted by atomic mass is 35.5. The molecule has 0 radical (unpaired) electrons. The van der Waals surface area contributed by atoms with Crippen LogP contribution in [0.15, 0.2) is 6.20 Å². The van der Waals surface area contributed by atoms with Crippen LogP contribution < -0.4 is 0 Å². The first-order chi connectivity index (χ1) is 7.92. The van der Waals surface area contributed by atoms with E-state index in [1.807, 2.05) is 11.6 Å². The Bertz CT molecular complexity index is 419. The normalized spacial score (nSPS) is 28.3. The second kappa shape index (κ2) is 4.48. The molecule has 2 heterocycles. The summed E-state index contributed by atoms with van der Waals surface area (Å²) in [6.45, 7) is 6.95. The molecular weight excluding hydrogens is 256 g/mol. The molecule has 2 rings (SSSR count). The van der Waals surface area contributed by atoms with Crippen molar-refractivity contribution in [3.8, 4) is 0 Å². The number of hydrogen-bond acceptors (Lipinski definition) is 3. The second-order valence-electron chi connectivity index (χ2n) is 5.20. The Morgan fingerprint density at radius 2 is 2.29 bits per heavy atom. The van der Waals surface area contributed by atoms with Gasteiger partial charge in [-0.15, -0.1) is 0 Å². The minimum atomic E-state index is -0.889. The lowest BCUT2D eigenvalue weighted by molar-refractivity contribution is -0.0644. The van der Waals surface area contributed by atoms with Gasteiger partial charge in [-0.2, -0.15) is 16.9 Å². The summed E-state index contributed by atoms with van der Waals surface area (Å²) < 4.78 is 1.82. The van der Waals surface area contributed by atoms with Crippen LogP contribution >= 0.6 is 23.4 Å². The fourth-order valence-corrected chi connectivity index (χ4v) is 4.27. The van der Waals surface area contributed by atoms with Crippen LogP contribution in [0, 0.1) is 5.41 Å². The summed E-state index contributed by atoms with van der Waals surface area (Å²) in [5, 5.41) is 15.9. The average Bonchev–Trinajstić information content (AvgIpc) is 2.64. The molecule has 1 fully saturated rings. The number of thioether (sulfide) groups is 1. The first-order valence-corrected chi connectivity index (χ1v) is 7.47. The van der Waals surface area contributed by atoms with Crippen LogP contribution in [0.5, 0.6) is 0 Å². The van der Waals surface area contributed by atoms with Crippen LogP contribution in [0.4, 0.5) is 0 Å². The first-order valence-electron chi connectivity index (χ1n) is 5.94. The maximum absolute atomic E-state index is 11.1. The van der Waals surface area contributed by atoms with Gasteiger partial charge in [0.1, 0.15) is 5.60 Å². The van der Waals surface area contributed by atoms with E-state index in [4.69, 9.17) is 11.6 Å². The Balaban J connectivity index is 2.52. The summed E-state index contributed by atoms with van der Waals surface area (Å²) >= 11 is 8.00. The van der Waals surface area contributed by atoms with Gasteiger partial charge in [0.15, 0.2) is 0 Å². The summed E-state index contributed by atoms with van der Waals surface area (Å²) in [4.78, 5) is 0. The molecule has 0 spiro atoms. The van der Waals surface area contributed by atoms with Gasteiger partial charge in [-0.05, 0) is 19.1 Å². The predicted molar refractivity (Wildman–Crippen MR) is 72.5 cm³/mol. The van der Waals surface area contributed by atoms with Crippen molar-refractivity contribution in [2.24, 2.45) is 5.41 Å². The molecule has 1 aliphatic heterocycles. The lowest BCUT2D eigenvalue weighted by Gasteiger charge is -2.46. The highest BCUT2D eigenvalue weighted by Gasteiger charge is 2.49. The smallest absolute Gasteiger partial charge is 0.122 e. The summed E-state index contributed by atoms with van der Waals surface area (Å²) in [5.74, 6) is 1.78. The number of nitrogens with zero attached hydrogens (tertiary/aromatic N) is 2. The minimum absolute atomic E-state index is 0.172. The number of aromatic nitrogens is 2. The van der Waals surface area contributed by atoms with Crippen molar-refractivity contribution in [2.45, 2.75) is 39.3 Å². The lowest BCUT2D eigenvalue weighted by Crippen LogP contribution is -2.48. The van der Waals surface area contributed by atoms with Crippen LogP contribution in [0.25, 0.3) is 0 Å². The monoisotopic (exact) mass is 274 g/mol. The van der Waals surface area contributed by atoms with E-state index < -0.39 is 5.60 Å². The van der Waals surface area contributed by atoms with Crippen molar-refractivity contribution in [3.63, 3.8) is 0 Å². The van der Waals surface area contributed by atoms with Crippen molar-refractivity contribution in [1.29, 1.82) is 0 Å². The second-order valence-corrected chi connectivity index (χ2v) is 6.72. The molecule has 1 unspecified atom stereocenters. The van der Waals surface area contributed by atoms with Gasteiger partial charge in [0.2, 0.25) is 0 Å². The highest BCUT2D eigenvalue weighted by Crippen LogP contribution is 2.50. The van der Waals surface area contributed by atoms with Crippen LogP contribution in [-0.2, 0) is 12.1 Å². The van der Waals surface area contributed by atoms with Crippen LogP contribution in [0.2, 0.25) is 5.02 Å². The van der Waals surface area contributed by atoms with Gasteiger partial charge >= 0.3 is 0 Å². The summed E-state index contributed by atoms with van der Waals surface area (Å²) in [6.07, 6.45) is 2.62. The Morgan fingerprint density at radius 3 is 2.88 bits per heavy atom. The average molecular weight is 275 g/mol. The van der Waals surface area contributed by atoms with E-state index in [9.17, 15) is 5.11 Å². The molecule has 0 aliphatic carbocycles. The zero-order valence-electron chi connectivity index (χ0n) is 10.5. The predicted octanol–water partition coefficient (Wildman–Crippen LogP) is 2.91. The Hall–Kier alpha value is -0.190. The van der Waals surface area contributed by atoms with E-state index in [1.54, 1.807) is 18.0 Å². The molecule has 1 atom stereocenters. The lowest BCUT2D eigenvalue weighted by atomic mass is 9.71. The van der Waals surface area contributed by atoms with Gasteiger partial charge in [0, 0.05) is 17.7 Å². The zero-order valence-corrected chi connectivity index (χ0v) is 12.1. The van der Waals surface area contributed by atoms with Crippen molar-refractivity contribution in [3.05, 3.63) is 16.9 Å². The van der Waals surface area contributed by atoms with E-state index in [0.717, 1.165) is 24.4 Å². The first kappa shape index (κ1) is 13.2. The van der Waals surface area contributed by atoms with E-state index in [1.165, 1.54) is 0 Å². The van der Waals surface area contributed by atoms with Crippen molar-refractivity contribution in [2.75, 3.05) is 11.5 Å². The molecule has 0 saturated carbocycles. The van der Waals surface area contributed by atoms with Gasteiger partial charge in [-0.25, -0.2) is 0 Å². The van der Waals surface area contributed by atoms with Gasteiger partial charge in [0.05, 0.1) is 16.9 Å². The molecule has 1 aliphatic rings. The SMILES string of the molecule is CCn1ncc(Cl)c1C1(O)CSCCC1(C)C. The van der Waals surface area contributed by atoms with Crippen LogP contribution in [0.3, 0.4) is 0 Å². The maximum atomic E-state index is 11.1. The van der Waals surface area contributed by atoms with Crippen molar-refractivity contribution in [1.82, 2.24) is 9.78 Å². The van der Waals surface area contributed by atoms with E-state index in [2.05, 4.69) is 18.9 Å². The van der Waals surface area contributed by atoms with E-state index in [0.29, 0.717) is 10.8 Å². The van der Waals surface area contributed by atoms with Gasteiger partial charge in [0.25, 0.3) is 0 Å². The highest BCUT2D eigenvalue weighted by molar-refractivity contribution is 7.99. The molecular formula is C12H19ClN2OS. The summed E-state index contributed by atoms with van der Waals surface area (Å²) in [5.41, 5.74) is -0.284. The van der Waals surface area contributed by atoms with Crippen LogP contribution in [-0.4, -0.2) is 26.4 Å². The van der Waals surface area contributed by atoms with E-state index in [-0.39, 0.29) is 5.41 Å². The molecule has 3 nitrogen and oxygen atoms in total. The number of rotatable bonds is 2. The molecule has 1 saturated heterocycles. The number of aryl methyl sites for hydroxylation is 1. The van der Waals surface area contributed by atoms with Crippen molar-refractivity contribution >= 4 is 23.4 Å². The van der Waals surface area contributed by atoms with Crippen molar-refractivity contribution < 1.29 is 5.11 Å². The largest absolute Gasteiger partial charge is 0.382 e.